The second-order valence-corrected chi connectivity index (χ2v) is 5.38. The third-order valence-corrected chi connectivity index (χ3v) is 3.85. The zero-order chi connectivity index (χ0) is 17.1. The summed E-state index contributed by atoms with van der Waals surface area (Å²) in [6.07, 6.45) is 0. The van der Waals surface area contributed by atoms with Crippen LogP contribution in [0, 0.1) is 11.2 Å². The van der Waals surface area contributed by atoms with Gasteiger partial charge in [0, 0.05) is 5.56 Å². The minimum Gasteiger partial charge on any atom is -1.00 e. The molecule has 1 heterocycles. The van der Waals surface area contributed by atoms with Crippen LogP contribution in [0.1, 0.15) is 12.5 Å². The lowest BCUT2D eigenvalue weighted by Crippen LogP contribution is -3.00. The maximum atomic E-state index is 14.0. The van der Waals surface area contributed by atoms with E-state index >= 15 is 0 Å². The van der Waals surface area contributed by atoms with E-state index in [9.17, 15) is 9.18 Å². The van der Waals surface area contributed by atoms with Crippen molar-refractivity contribution in [3.63, 3.8) is 0 Å². The zero-order valence-corrected chi connectivity index (χ0v) is 14.5. The monoisotopic (exact) mass is 362 g/mol. The van der Waals surface area contributed by atoms with Crippen molar-refractivity contribution in [1.82, 2.24) is 9.13 Å². The lowest BCUT2D eigenvalue weighted by molar-refractivity contribution is -0.143. The van der Waals surface area contributed by atoms with Crippen LogP contribution in [0.3, 0.4) is 0 Å². The predicted octanol–water partition coefficient (Wildman–Crippen LogP) is -0.323. The smallest absolute Gasteiger partial charge is 0.326 e. The number of fused-ring (bicyclic) bond motifs is 1. The number of esters is 1. The average Bonchev–Trinajstić information content (AvgIpc) is 2.83. The molecule has 0 radical (unpaired) electrons. The van der Waals surface area contributed by atoms with E-state index in [1.54, 1.807) is 34.3 Å². The lowest BCUT2D eigenvalue weighted by atomic mass is 10.2. The number of rotatable bonds is 5. The van der Waals surface area contributed by atoms with Crippen LogP contribution in [0.15, 0.2) is 48.5 Å². The van der Waals surface area contributed by atoms with Gasteiger partial charge >= 0.3 is 5.97 Å². The number of benzene rings is 2. The number of nitrogens with zero attached hydrogens (tertiary/aromatic N) is 2. The number of hydrogen-bond donors (Lipinski definition) is 1. The molecule has 0 saturated heterocycles. The summed E-state index contributed by atoms with van der Waals surface area (Å²) in [5, 5.41) is 8.42. The Labute approximate surface area is 150 Å². The molecule has 3 rings (SSSR count). The SMILES string of the molecule is CCOC(=O)Cn1c(=N)n(Cc2ccccc2F)c2ccccc21.[Cl-]. The van der Waals surface area contributed by atoms with Crippen LogP contribution in [0.2, 0.25) is 0 Å². The second-order valence-electron chi connectivity index (χ2n) is 5.38. The van der Waals surface area contributed by atoms with E-state index in [1.165, 1.54) is 6.07 Å². The van der Waals surface area contributed by atoms with Gasteiger partial charge in [-0.1, -0.05) is 30.3 Å². The molecule has 25 heavy (non-hydrogen) atoms. The molecule has 7 heteroatoms. The molecule has 0 aliphatic carbocycles. The van der Waals surface area contributed by atoms with E-state index in [0.29, 0.717) is 12.2 Å². The molecule has 2 aromatic carbocycles. The van der Waals surface area contributed by atoms with Crippen LogP contribution in [-0.2, 0) is 22.6 Å². The van der Waals surface area contributed by atoms with E-state index in [-0.39, 0.29) is 36.9 Å². The van der Waals surface area contributed by atoms with Gasteiger partial charge in [0.25, 0.3) is 0 Å². The number of imidazole rings is 1. The van der Waals surface area contributed by atoms with Crippen molar-refractivity contribution in [2.45, 2.75) is 20.0 Å². The van der Waals surface area contributed by atoms with Gasteiger partial charge in [0.05, 0.1) is 24.2 Å². The van der Waals surface area contributed by atoms with Crippen molar-refractivity contribution < 1.29 is 26.3 Å². The second kappa shape index (κ2) is 7.98. The van der Waals surface area contributed by atoms with Crippen molar-refractivity contribution in [3.8, 4) is 0 Å². The molecule has 3 aromatic rings. The molecule has 0 bridgehead atoms. The van der Waals surface area contributed by atoms with Gasteiger partial charge in [-0.15, -0.1) is 0 Å². The van der Waals surface area contributed by atoms with Gasteiger partial charge in [-0.25, -0.2) is 4.39 Å². The molecular weight excluding hydrogens is 345 g/mol. The molecule has 0 aliphatic heterocycles. The Bertz CT molecular complexity index is 949. The average molecular weight is 363 g/mol. The number of aromatic nitrogens is 2. The number of halogens is 2. The maximum Gasteiger partial charge on any atom is 0.326 e. The van der Waals surface area contributed by atoms with Crippen LogP contribution in [0.5, 0.6) is 0 Å². The Kier molecular flexibility index (Phi) is 5.98. The summed E-state index contributed by atoms with van der Waals surface area (Å²) in [7, 11) is 0. The highest BCUT2D eigenvalue weighted by Gasteiger charge is 2.15. The van der Waals surface area contributed by atoms with Crippen molar-refractivity contribution in [1.29, 1.82) is 5.41 Å². The van der Waals surface area contributed by atoms with Crippen molar-refractivity contribution in [2.75, 3.05) is 6.61 Å². The Morgan fingerprint density at radius 1 is 1.08 bits per heavy atom. The molecule has 0 amide bonds. The molecular formula is C18H18ClFN3O2-. The van der Waals surface area contributed by atoms with Crippen LogP contribution in [-0.4, -0.2) is 21.7 Å². The minimum atomic E-state index is -0.398. The first-order chi connectivity index (χ1) is 11.6. The molecule has 0 saturated carbocycles. The standard InChI is InChI=1S/C18H18FN3O2.ClH/c1-2-24-17(23)12-22-16-10-6-5-9-15(16)21(18(22)20)11-13-7-3-4-8-14(13)19;/h3-10,20H,2,11-12H2,1H3;1H/p-1. The summed E-state index contributed by atoms with van der Waals surface area (Å²) in [6.45, 7) is 2.21. The highest BCUT2D eigenvalue weighted by atomic mass is 35.5. The van der Waals surface area contributed by atoms with E-state index in [4.69, 9.17) is 10.1 Å². The number of carbonyl (C=O) groups is 1. The molecule has 1 N–H and O–H groups in total. The largest absolute Gasteiger partial charge is 1.00 e. The number of para-hydroxylation sites is 2. The van der Waals surface area contributed by atoms with Gasteiger partial charge in [-0.05, 0) is 25.1 Å². The van der Waals surface area contributed by atoms with Gasteiger partial charge < -0.3 is 21.7 Å². The van der Waals surface area contributed by atoms with Gasteiger partial charge in [0.15, 0.2) is 0 Å². The Morgan fingerprint density at radius 3 is 2.32 bits per heavy atom. The Balaban J connectivity index is 0.00000225. The Morgan fingerprint density at radius 2 is 1.68 bits per heavy atom. The van der Waals surface area contributed by atoms with Gasteiger partial charge in [0.1, 0.15) is 12.4 Å². The quantitative estimate of drug-likeness (QED) is 0.632. The lowest BCUT2D eigenvalue weighted by Gasteiger charge is -2.06. The topological polar surface area (TPSA) is 60.0 Å². The summed E-state index contributed by atoms with van der Waals surface area (Å²) < 4.78 is 22.2. The van der Waals surface area contributed by atoms with E-state index in [2.05, 4.69) is 0 Å². The maximum absolute atomic E-state index is 14.0. The summed E-state index contributed by atoms with van der Waals surface area (Å²) in [6, 6.07) is 13.9. The molecule has 0 atom stereocenters. The zero-order valence-electron chi connectivity index (χ0n) is 13.7. The van der Waals surface area contributed by atoms with Crippen LogP contribution in [0.4, 0.5) is 4.39 Å². The number of ether oxygens (including phenoxy) is 1. The Hall–Kier alpha value is -2.60. The predicted molar refractivity (Wildman–Crippen MR) is 87.9 cm³/mol. The summed E-state index contributed by atoms with van der Waals surface area (Å²) >= 11 is 0. The van der Waals surface area contributed by atoms with Crippen LogP contribution < -0.4 is 18.0 Å². The normalized spacial score (nSPS) is 10.5. The molecule has 0 fully saturated rings. The van der Waals surface area contributed by atoms with E-state index < -0.39 is 5.97 Å². The summed E-state index contributed by atoms with van der Waals surface area (Å²) in [5.74, 6) is -0.712. The van der Waals surface area contributed by atoms with Crippen LogP contribution in [0.25, 0.3) is 11.0 Å². The molecule has 132 valence electrons. The minimum absolute atomic E-state index is 0. The van der Waals surface area contributed by atoms with Gasteiger partial charge in [-0.2, -0.15) is 0 Å². The molecule has 1 aromatic heterocycles. The van der Waals surface area contributed by atoms with Crippen LogP contribution >= 0.6 is 0 Å². The molecule has 5 nitrogen and oxygen atoms in total. The molecule has 0 unspecified atom stereocenters. The summed E-state index contributed by atoms with van der Waals surface area (Å²) in [5.41, 5.74) is 2.14. The first kappa shape index (κ1) is 18.7. The van der Waals surface area contributed by atoms with Gasteiger partial charge in [-0.3, -0.25) is 14.8 Å². The van der Waals surface area contributed by atoms with E-state index in [0.717, 1.165) is 11.0 Å². The third-order valence-electron chi connectivity index (χ3n) is 3.85. The summed E-state index contributed by atoms with van der Waals surface area (Å²) in [4.78, 5) is 11.8. The van der Waals surface area contributed by atoms with Crippen molar-refractivity contribution in [3.05, 3.63) is 65.5 Å². The van der Waals surface area contributed by atoms with Gasteiger partial charge in [0.2, 0.25) is 5.62 Å². The van der Waals surface area contributed by atoms with E-state index in [1.807, 2.05) is 24.3 Å². The van der Waals surface area contributed by atoms with Crippen molar-refractivity contribution >= 4 is 17.0 Å². The third kappa shape index (κ3) is 3.74. The molecule has 0 aliphatic rings. The number of hydrogen-bond acceptors (Lipinski definition) is 3. The first-order valence-corrected chi connectivity index (χ1v) is 7.73. The fourth-order valence-corrected chi connectivity index (χ4v) is 2.75. The number of nitrogens with one attached hydrogen (secondary N) is 1. The molecule has 0 spiro atoms. The number of carbonyl (C=O) groups excluding carboxylic acids is 1. The highest BCUT2D eigenvalue weighted by molar-refractivity contribution is 5.78. The fourth-order valence-electron chi connectivity index (χ4n) is 2.75. The highest BCUT2D eigenvalue weighted by Crippen LogP contribution is 2.16. The fraction of sp³-hybridized carbons (Fsp3) is 0.222. The van der Waals surface area contributed by atoms with Crippen molar-refractivity contribution in [2.24, 2.45) is 0 Å². The first-order valence-electron chi connectivity index (χ1n) is 7.73.